The molecule has 1 N–H and O–H groups in total. The normalized spacial score (nSPS) is 16.8. The molecule has 0 aromatic heterocycles. The van der Waals surface area contributed by atoms with Gasteiger partial charge in [0.05, 0.1) is 0 Å². The Balaban J connectivity index is 2.00. The average Bonchev–Trinajstić information content (AvgIpc) is 2.91. The first kappa shape index (κ1) is 16.0. The van der Waals surface area contributed by atoms with Crippen molar-refractivity contribution in [3.8, 4) is 0 Å². The Kier molecular flexibility index (Phi) is 5.04. The monoisotopic (exact) mass is 308 g/mol. The van der Waals surface area contributed by atoms with E-state index in [1.165, 1.54) is 0 Å². The molecule has 0 spiro atoms. The van der Waals surface area contributed by atoms with E-state index in [1.54, 1.807) is 0 Å². The summed E-state index contributed by atoms with van der Waals surface area (Å²) in [4.78, 5) is 13.9. The number of carbonyl (C=O) groups excluding carboxylic acids is 1. The number of hydrogen-bond donors (Lipinski definition) is 1. The zero-order chi connectivity index (χ0) is 15.5. The van der Waals surface area contributed by atoms with Crippen molar-refractivity contribution in [3.05, 3.63) is 29.8 Å². The highest BCUT2D eigenvalue weighted by molar-refractivity contribution is 7.85. The molecule has 1 aliphatic rings. The number of benzene rings is 1. The fraction of sp³-hybridized carbons (Fsp3) is 0.562. The fourth-order valence-electron chi connectivity index (χ4n) is 2.23. The van der Waals surface area contributed by atoms with Gasteiger partial charge >= 0.3 is 6.03 Å². The molecule has 1 aliphatic heterocycles. The van der Waals surface area contributed by atoms with E-state index < -0.39 is 10.8 Å². The van der Waals surface area contributed by atoms with E-state index in [0.29, 0.717) is 5.75 Å². The quantitative estimate of drug-likeness (QED) is 0.931. The minimum absolute atomic E-state index is 0.0402. The lowest BCUT2D eigenvalue weighted by molar-refractivity contribution is 0.222. The Morgan fingerprint density at radius 3 is 2.57 bits per heavy atom. The van der Waals surface area contributed by atoms with Gasteiger partial charge in [0.2, 0.25) is 0 Å². The zero-order valence-electron chi connectivity index (χ0n) is 13.0. The molecule has 0 bridgehead atoms. The standard InChI is InChI=1S/C16H24N2O2S/c1-16(2,3)21(20)12-13-7-6-8-14(11-13)17-15(19)18-9-4-5-10-18/h6-8,11H,4-5,9-10,12H2,1-3H3,(H,17,19)/t21-/m0/s1. The first-order valence-electron chi connectivity index (χ1n) is 7.39. The van der Waals surface area contributed by atoms with Crippen LogP contribution in [0.5, 0.6) is 0 Å². The summed E-state index contributed by atoms with van der Waals surface area (Å²) in [5.41, 5.74) is 1.76. The molecule has 21 heavy (non-hydrogen) atoms. The molecule has 2 rings (SSSR count). The average molecular weight is 308 g/mol. The topological polar surface area (TPSA) is 49.4 Å². The van der Waals surface area contributed by atoms with Crippen LogP contribution in [0.2, 0.25) is 0 Å². The molecule has 0 unspecified atom stereocenters. The highest BCUT2D eigenvalue weighted by atomic mass is 32.2. The summed E-state index contributed by atoms with van der Waals surface area (Å²) in [5.74, 6) is 0.511. The van der Waals surface area contributed by atoms with Gasteiger partial charge in [-0.3, -0.25) is 4.21 Å². The van der Waals surface area contributed by atoms with E-state index in [-0.39, 0.29) is 10.8 Å². The Hall–Kier alpha value is -1.36. The fourth-order valence-corrected chi connectivity index (χ4v) is 3.14. The lowest BCUT2D eigenvalue weighted by Crippen LogP contribution is -2.32. The van der Waals surface area contributed by atoms with Crippen molar-refractivity contribution in [1.82, 2.24) is 4.90 Å². The number of rotatable bonds is 3. The molecule has 116 valence electrons. The second-order valence-electron chi connectivity index (χ2n) is 6.43. The largest absolute Gasteiger partial charge is 0.325 e. The van der Waals surface area contributed by atoms with Gasteiger partial charge in [-0.25, -0.2) is 4.79 Å². The number of likely N-dealkylation sites (tertiary alicyclic amines) is 1. The van der Waals surface area contributed by atoms with Crippen molar-refractivity contribution in [2.24, 2.45) is 0 Å². The Morgan fingerprint density at radius 2 is 1.95 bits per heavy atom. The van der Waals surface area contributed by atoms with Gasteiger partial charge in [-0.2, -0.15) is 0 Å². The maximum Gasteiger partial charge on any atom is 0.321 e. The van der Waals surface area contributed by atoms with E-state index in [9.17, 15) is 9.00 Å². The van der Waals surface area contributed by atoms with Crippen LogP contribution in [0.25, 0.3) is 0 Å². The van der Waals surface area contributed by atoms with Crippen LogP contribution in [-0.4, -0.2) is 33.0 Å². The molecular weight excluding hydrogens is 284 g/mol. The highest BCUT2D eigenvalue weighted by Crippen LogP contribution is 2.19. The molecule has 0 aliphatic carbocycles. The van der Waals surface area contributed by atoms with Crippen LogP contribution in [0, 0.1) is 0 Å². The summed E-state index contributed by atoms with van der Waals surface area (Å²) in [6.45, 7) is 7.59. The third-order valence-electron chi connectivity index (χ3n) is 3.55. The van der Waals surface area contributed by atoms with E-state index >= 15 is 0 Å². The molecule has 0 radical (unpaired) electrons. The van der Waals surface area contributed by atoms with Crippen LogP contribution in [0.15, 0.2) is 24.3 Å². The molecule has 5 heteroatoms. The predicted octanol–water partition coefficient (Wildman–Crippen LogP) is 3.36. The number of hydrogen-bond acceptors (Lipinski definition) is 2. The van der Waals surface area contributed by atoms with Gasteiger partial charge in [-0.05, 0) is 51.3 Å². The van der Waals surface area contributed by atoms with Crippen molar-refractivity contribution >= 4 is 22.5 Å². The van der Waals surface area contributed by atoms with Gasteiger partial charge in [-0.1, -0.05) is 12.1 Å². The first-order valence-corrected chi connectivity index (χ1v) is 8.71. The molecule has 4 nitrogen and oxygen atoms in total. The van der Waals surface area contributed by atoms with Gasteiger partial charge < -0.3 is 10.2 Å². The highest BCUT2D eigenvalue weighted by Gasteiger charge is 2.20. The molecular formula is C16H24N2O2S. The van der Waals surface area contributed by atoms with Crippen LogP contribution in [0.1, 0.15) is 39.2 Å². The van der Waals surface area contributed by atoms with E-state index in [4.69, 9.17) is 0 Å². The maximum absolute atomic E-state index is 12.2. The minimum atomic E-state index is -0.934. The van der Waals surface area contributed by atoms with Gasteiger partial charge in [0.1, 0.15) is 0 Å². The summed E-state index contributed by atoms with van der Waals surface area (Å²) >= 11 is 0. The molecule has 0 saturated carbocycles. The number of nitrogens with one attached hydrogen (secondary N) is 1. The third kappa shape index (κ3) is 4.56. The third-order valence-corrected chi connectivity index (χ3v) is 5.51. The molecule has 1 saturated heterocycles. The molecule has 1 aromatic carbocycles. The molecule has 1 fully saturated rings. The van der Waals surface area contributed by atoms with E-state index in [2.05, 4.69) is 5.32 Å². The second kappa shape index (κ2) is 6.60. The predicted molar refractivity (Wildman–Crippen MR) is 87.9 cm³/mol. The Labute approximate surface area is 129 Å². The summed E-state index contributed by atoms with van der Waals surface area (Å²) < 4.78 is 12.0. The van der Waals surface area contributed by atoms with Crippen molar-refractivity contribution in [3.63, 3.8) is 0 Å². The van der Waals surface area contributed by atoms with Crippen LogP contribution in [0.4, 0.5) is 10.5 Å². The Morgan fingerprint density at radius 1 is 1.29 bits per heavy atom. The second-order valence-corrected chi connectivity index (χ2v) is 8.63. The lowest BCUT2D eigenvalue weighted by Gasteiger charge is -2.19. The van der Waals surface area contributed by atoms with Crippen LogP contribution < -0.4 is 5.32 Å². The number of urea groups is 1. The smallest absolute Gasteiger partial charge is 0.321 e. The first-order chi connectivity index (χ1) is 9.86. The Bertz CT molecular complexity index is 531. The van der Waals surface area contributed by atoms with E-state index in [0.717, 1.165) is 37.2 Å². The summed E-state index contributed by atoms with van der Waals surface area (Å²) in [6, 6.07) is 7.60. The van der Waals surface area contributed by atoms with Crippen LogP contribution >= 0.6 is 0 Å². The van der Waals surface area contributed by atoms with E-state index in [1.807, 2.05) is 49.9 Å². The minimum Gasteiger partial charge on any atom is -0.325 e. The number of amides is 2. The van der Waals surface area contributed by atoms with Gasteiger partial charge in [0, 0.05) is 40.1 Å². The van der Waals surface area contributed by atoms with Crippen LogP contribution in [0.3, 0.4) is 0 Å². The van der Waals surface area contributed by atoms with Crippen molar-refractivity contribution < 1.29 is 9.00 Å². The summed E-state index contributed by atoms with van der Waals surface area (Å²) in [7, 11) is -0.934. The molecule has 2 amide bonds. The maximum atomic E-state index is 12.2. The summed E-state index contributed by atoms with van der Waals surface area (Å²) in [6.07, 6.45) is 2.16. The van der Waals surface area contributed by atoms with Gasteiger partial charge in [-0.15, -0.1) is 0 Å². The van der Waals surface area contributed by atoms with Gasteiger partial charge in [0.15, 0.2) is 0 Å². The SMILES string of the molecule is CC(C)(C)[S@@](=O)Cc1cccc(NC(=O)N2CCCC2)c1. The number of nitrogens with zero attached hydrogens (tertiary/aromatic N) is 1. The van der Waals surface area contributed by atoms with Crippen molar-refractivity contribution in [2.75, 3.05) is 18.4 Å². The summed E-state index contributed by atoms with van der Waals surface area (Å²) in [5, 5.41) is 2.92. The van der Waals surface area contributed by atoms with Crippen molar-refractivity contribution in [1.29, 1.82) is 0 Å². The molecule has 1 atom stereocenters. The van der Waals surface area contributed by atoms with Crippen molar-refractivity contribution in [2.45, 2.75) is 44.1 Å². The molecule has 1 heterocycles. The van der Waals surface area contributed by atoms with Crippen LogP contribution in [-0.2, 0) is 16.6 Å². The van der Waals surface area contributed by atoms with Gasteiger partial charge in [0.25, 0.3) is 0 Å². The molecule has 1 aromatic rings. The number of carbonyl (C=O) groups is 1. The zero-order valence-corrected chi connectivity index (χ0v) is 13.8. The lowest BCUT2D eigenvalue weighted by atomic mass is 10.2. The number of anilines is 1.